The van der Waals surface area contributed by atoms with Gasteiger partial charge in [0, 0.05) is 25.6 Å². The highest BCUT2D eigenvalue weighted by Crippen LogP contribution is 2.26. The second-order valence-electron chi connectivity index (χ2n) is 5.87. The van der Waals surface area contributed by atoms with Gasteiger partial charge < -0.3 is 15.2 Å². The molecule has 1 unspecified atom stereocenters. The third kappa shape index (κ3) is 3.95. The minimum Gasteiger partial charge on any atom is -0.341 e. The maximum absolute atomic E-state index is 12.4. The molecule has 21 heavy (non-hydrogen) atoms. The summed E-state index contributed by atoms with van der Waals surface area (Å²) in [6, 6.07) is -0.405. The van der Waals surface area contributed by atoms with Gasteiger partial charge in [-0.3, -0.25) is 4.79 Å². The van der Waals surface area contributed by atoms with E-state index < -0.39 is 6.04 Å². The zero-order valence-corrected chi connectivity index (χ0v) is 13.8. The topological polar surface area (TPSA) is 77.0 Å². The van der Waals surface area contributed by atoms with Crippen molar-refractivity contribution in [3.05, 3.63) is 12.2 Å². The van der Waals surface area contributed by atoms with Crippen LogP contribution in [0.1, 0.15) is 45.4 Å². The molecule has 1 saturated heterocycles. The summed E-state index contributed by atoms with van der Waals surface area (Å²) < 4.78 is 2.06. The van der Waals surface area contributed by atoms with Crippen molar-refractivity contribution in [1.82, 2.24) is 19.7 Å². The van der Waals surface area contributed by atoms with Crippen molar-refractivity contribution in [3.8, 4) is 0 Å². The minimum absolute atomic E-state index is 0. The van der Waals surface area contributed by atoms with Crippen molar-refractivity contribution >= 4 is 18.3 Å². The van der Waals surface area contributed by atoms with E-state index in [-0.39, 0.29) is 30.2 Å². The first-order valence-corrected chi connectivity index (χ1v) is 7.46. The molecule has 2 rings (SSSR count). The predicted molar refractivity (Wildman–Crippen MR) is 84.3 cm³/mol. The molecule has 2 atom stereocenters. The number of halogens is 1. The van der Waals surface area contributed by atoms with E-state index in [1.165, 1.54) is 0 Å². The number of aromatic nitrogens is 3. The van der Waals surface area contributed by atoms with Crippen LogP contribution in [0.5, 0.6) is 0 Å². The number of piperidine rings is 1. The number of likely N-dealkylation sites (tertiary alicyclic amines) is 1. The lowest BCUT2D eigenvalue weighted by Gasteiger charge is -2.34. The fourth-order valence-corrected chi connectivity index (χ4v) is 2.71. The van der Waals surface area contributed by atoms with Gasteiger partial charge in [-0.25, -0.2) is 0 Å². The molecule has 0 bridgehead atoms. The van der Waals surface area contributed by atoms with E-state index in [1.807, 2.05) is 18.7 Å². The zero-order valence-electron chi connectivity index (χ0n) is 13.0. The Morgan fingerprint density at radius 2 is 2.24 bits per heavy atom. The number of amides is 1. The number of carbonyl (C=O) groups is 1. The molecule has 2 N–H and O–H groups in total. The second kappa shape index (κ2) is 7.75. The molecule has 1 aromatic heterocycles. The van der Waals surface area contributed by atoms with E-state index in [0.29, 0.717) is 6.54 Å². The van der Waals surface area contributed by atoms with Gasteiger partial charge in [0.2, 0.25) is 5.91 Å². The molecule has 1 aliphatic heterocycles. The van der Waals surface area contributed by atoms with E-state index in [9.17, 15) is 4.79 Å². The molecule has 0 spiro atoms. The number of nitrogens with two attached hydrogens (primary N) is 1. The molecule has 0 radical (unpaired) electrons. The van der Waals surface area contributed by atoms with Gasteiger partial charge in [0.05, 0.1) is 6.04 Å². The van der Waals surface area contributed by atoms with Crippen LogP contribution in [0, 0.1) is 5.92 Å². The lowest BCUT2D eigenvalue weighted by molar-refractivity contribution is -0.134. The molecule has 1 fully saturated rings. The molecule has 1 aromatic rings. The monoisotopic (exact) mass is 315 g/mol. The number of nitrogens with zero attached hydrogens (tertiary/aromatic N) is 4. The summed E-state index contributed by atoms with van der Waals surface area (Å²) in [5.41, 5.74) is 5.99. The molecular weight excluding hydrogens is 290 g/mol. The molecule has 120 valence electrons. The Balaban J connectivity index is 0.00000220. The standard InChI is InChI=1S/C14H25N5O.ClH/c1-4-18-9-16-17-13(18)11-6-5-7-19(8-11)14(20)12(15)10(2)3;/h9-12H,4-8,15H2,1-3H3;1H/t11?,12-;/m0./s1. The van der Waals surface area contributed by atoms with E-state index in [0.717, 1.165) is 31.8 Å². The number of rotatable bonds is 4. The summed E-state index contributed by atoms with van der Waals surface area (Å²) in [6.07, 6.45) is 3.81. The summed E-state index contributed by atoms with van der Waals surface area (Å²) in [5.74, 6) is 1.49. The van der Waals surface area contributed by atoms with Gasteiger partial charge in [0.15, 0.2) is 0 Å². The summed E-state index contributed by atoms with van der Waals surface area (Å²) in [4.78, 5) is 14.3. The minimum atomic E-state index is -0.405. The van der Waals surface area contributed by atoms with Crippen LogP contribution in [0.3, 0.4) is 0 Å². The van der Waals surface area contributed by atoms with Crippen molar-refractivity contribution in [3.63, 3.8) is 0 Å². The maximum atomic E-state index is 12.4. The van der Waals surface area contributed by atoms with E-state index in [4.69, 9.17) is 5.73 Å². The quantitative estimate of drug-likeness (QED) is 0.911. The third-order valence-electron chi connectivity index (χ3n) is 4.09. The second-order valence-corrected chi connectivity index (χ2v) is 5.87. The Kier molecular flexibility index (Phi) is 6.61. The first-order valence-electron chi connectivity index (χ1n) is 7.46. The Morgan fingerprint density at radius 3 is 2.86 bits per heavy atom. The van der Waals surface area contributed by atoms with Crippen molar-refractivity contribution in [2.75, 3.05) is 13.1 Å². The molecular formula is C14H26ClN5O. The molecule has 1 aliphatic rings. The molecule has 1 amide bonds. The number of hydrogen-bond donors (Lipinski definition) is 1. The van der Waals surface area contributed by atoms with Crippen LogP contribution >= 0.6 is 12.4 Å². The van der Waals surface area contributed by atoms with Crippen molar-refractivity contribution in [1.29, 1.82) is 0 Å². The summed E-state index contributed by atoms with van der Waals surface area (Å²) in [5, 5.41) is 8.21. The fraction of sp³-hybridized carbons (Fsp3) is 0.786. The fourth-order valence-electron chi connectivity index (χ4n) is 2.71. The highest BCUT2D eigenvalue weighted by molar-refractivity contribution is 5.85. The van der Waals surface area contributed by atoms with Crippen LogP contribution in [-0.2, 0) is 11.3 Å². The van der Waals surface area contributed by atoms with Gasteiger partial charge in [-0.1, -0.05) is 13.8 Å². The van der Waals surface area contributed by atoms with Gasteiger partial charge in [-0.2, -0.15) is 0 Å². The molecule has 2 heterocycles. The van der Waals surface area contributed by atoms with Crippen LogP contribution in [0.4, 0.5) is 0 Å². The largest absolute Gasteiger partial charge is 0.341 e. The Labute approximate surface area is 132 Å². The van der Waals surface area contributed by atoms with Gasteiger partial charge in [-0.05, 0) is 25.7 Å². The molecule has 0 aliphatic carbocycles. The first kappa shape index (κ1) is 17.9. The highest BCUT2D eigenvalue weighted by atomic mass is 35.5. The predicted octanol–water partition coefficient (Wildman–Crippen LogP) is 1.41. The van der Waals surface area contributed by atoms with Gasteiger partial charge in [0.1, 0.15) is 12.2 Å². The Hall–Kier alpha value is -1.14. The zero-order chi connectivity index (χ0) is 14.7. The SMILES string of the molecule is CCn1cnnc1C1CCCN(C(=O)[C@@H](N)C(C)C)C1.Cl. The van der Waals surface area contributed by atoms with Crippen LogP contribution in [0.25, 0.3) is 0 Å². The molecule has 6 nitrogen and oxygen atoms in total. The van der Waals surface area contributed by atoms with Crippen molar-refractivity contribution < 1.29 is 4.79 Å². The van der Waals surface area contributed by atoms with Crippen LogP contribution in [0.2, 0.25) is 0 Å². The van der Waals surface area contributed by atoms with Crippen molar-refractivity contribution in [2.45, 2.75) is 52.1 Å². The first-order chi connectivity index (χ1) is 9.54. The number of hydrogen-bond acceptors (Lipinski definition) is 4. The smallest absolute Gasteiger partial charge is 0.239 e. The van der Waals surface area contributed by atoms with Gasteiger partial charge in [-0.15, -0.1) is 22.6 Å². The molecule has 0 aromatic carbocycles. The Morgan fingerprint density at radius 1 is 1.52 bits per heavy atom. The van der Waals surface area contributed by atoms with E-state index in [1.54, 1.807) is 6.33 Å². The van der Waals surface area contributed by atoms with Crippen LogP contribution in [-0.4, -0.2) is 44.7 Å². The number of aryl methyl sites for hydroxylation is 1. The van der Waals surface area contributed by atoms with Crippen molar-refractivity contribution in [2.24, 2.45) is 11.7 Å². The summed E-state index contributed by atoms with van der Waals surface area (Å²) in [6.45, 7) is 8.41. The average molecular weight is 316 g/mol. The normalized spacial score (nSPS) is 20.2. The maximum Gasteiger partial charge on any atom is 0.239 e. The molecule has 7 heteroatoms. The van der Waals surface area contributed by atoms with E-state index in [2.05, 4.69) is 21.7 Å². The van der Waals surface area contributed by atoms with Gasteiger partial charge >= 0.3 is 0 Å². The summed E-state index contributed by atoms with van der Waals surface area (Å²) >= 11 is 0. The van der Waals surface area contributed by atoms with E-state index >= 15 is 0 Å². The molecule has 0 saturated carbocycles. The third-order valence-corrected chi connectivity index (χ3v) is 4.09. The van der Waals surface area contributed by atoms with Crippen LogP contribution < -0.4 is 5.73 Å². The average Bonchev–Trinajstić information content (AvgIpc) is 2.94. The lowest BCUT2D eigenvalue weighted by atomic mass is 9.95. The lowest BCUT2D eigenvalue weighted by Crippen LogP contribution is -2.49. The van der Waals surface area contributed by atoms with Crippen LogP contribution in [0.15, 0.2) is 6.33 Å². The summed E-state index contributed by atoms with van der Waals surface area (Å²) in [7, 11) is 0. The number of carbonyl (C=O) groups excluding carboxylic acids is 1. The Bertz CT molecular complexity index is 462. The highest BCUT2D eigenvalue weighted by Gasteiger charge is 2.30. The van der Waals surface area contributed by atoms with Gasteiger partial charge in [0.25, 0.3) is 0 Å².